The van der Waals surface area contributed by atoms with Crippen LogP contribution in [0.4, 0.5) is 8.78 Å². The maximum Gasteiger partial charge on any atom is 0.387 e. The van der Waals surface area contributed by atoms with Gasteiger partial charge in [-0.1, -0.05) is 0 Å². The first-order valence-corrected chi connectivity index (χ1v) is 9.21. The first-order chi connectivity index (χ1) is 13.4. The molecule has 2 rings (SSSR count). The molecule has 0 atom stereocenters. The lowest BCUT2D eigenvalue weighted by atomic mass is 9.88. The molecule has 1 saturated heterocycles. The summed E-state index contributed by atoms with van der Waals surface area (Å²) < 4.78 is 40.6. The Bertz CT molecular complexity index is 650. The molecule has 1 heterocycles. The van der Waals surface area contributed by atoms with Crippen LogP contribution in [0.25, 0.3) is 0 Å². The van der Waals surface area contributed by atoms with Gasteiger partial charge in [0.2, 0.25) is 0 Å². The standard InChI is InChI=1S/C19H30F2N4O3/c1-22-18(24-13-19(25(2)3)7-9-27-10-8-19)23-12-14-11-15(26-4)5-6-16(14)28-17(20)21/h5-6,11,17H,7-10,12-13H2,1-4H3,(H2,22,23,24). The lowest BCUT2D eigenvalue weighted by Crippen LogP contribution is -2.57. The summed E-state index contributed by atoms with van der Waals surface area (Å²) in [6.45, 7) is -0.481. The van der Waals surface area contributed by atoms with Crippen LogP contribution >= 0.6 is 0 Å². The highest BCUT2D eigenvalue weighted by atomic mass is 19.3. The predicted molar refractivity (Wildman–Crippen MR) is 104 cm³/mol. The highest BCUT2D eigenvalue weighted by Crippen LogP contribution is 2.26. The van der Waals surface area contributed by atoms with Gasteiger partial charge in [-0.25, -0.2) is 0 Å². The molecule has 0 radical (unpaired) electrons. The Morgan fingerprint density at radius 1 is 1.29 bits per heavy atom. The van der Waals surface area contributed by atoms with E-state index in [-0.39, 0.29) is 17.8 Å². The fourth-order valence-corrected chi connectivity index (χ4v) is 3.21. The molecule has 0 amide bonds. The summed E-state index contributed by atoms with van der Waals surface area (Å²) >= 11 is 0. The van der Waals surface area contributed by atoms with E-state index in [4.69, 9.17) is 9.47 Å². The van der Waals surface area contributed by atoms with E-state index in [2.05, 4.69) is 39.4 Å². The molecule has 9 heteroatoms. The molecule has 1 fully saturated rings. The maximum absolute atomic E-state index is 12.7. The summed E-state index contributed by atoms with van der Waals surface area (Å²) in [6, 6.07) is 4.72. The van der Waals surface area contributed by atoms with Gasteiger partial charge in [0, 0.05) is 44.5 Å². The molecule has 0 saturated carbocycles. The molecule has 1 aromatic carbocycles. The van der Waals surface area contributed by atoms with E-state index in [0.717, 1.165) is 26.1 Å². The van der Waals surface area contributed by atoms with Crippen molar-refractivity contribution >= 4 is 5.96 Å². The number of aliphatic imine (C=N–C) groups is 1. The van der Waals surface area contributed by atoms with Crippen molar-refractivity contribution in [2.24, 2.45) is 4.99 Å². The summed E-state index contributed by atoms with van der Waals surface area (Å²) in [5, 5.41) is 6.50. The van der Waals surface area contributed by atoms with E-state index >= 15 is 0 Å². The predicted octanol–water partition coefficient (Wildman–Crippen LogP) is 2.07. The molecule has 1 aliphatic heterocycles. The molecule has 1 aromatic rings. The van der Waals surface area contributed by atoms with Gasteiger partial charge in [0.25, 0.3) is 0 Å². The molecule has 0 spiro atoms. The van der Waals surface area contributed by atoms with Crippen molar-refractivity contribution in [1.29, 1.82) is 0 Å². The van der Waals surface area contributed by atoms with Gasteiger partial charge < -0.3 is 29.7 Å². The number of likely N-dealkylation sites (N-methyl/N-ethyl adjacent to an activating group) is 1. The topological polar surface area (TPSA) is 67.4 Å². The fraction of sp³-hybridized carbons (Fsp3) is 0.632. The Hall–Kier alpha value is -2.13. The molecule has 1 aliphatic rings. The van der Waals surface area contributed by atoms with Gasteiger partial charge in [-0.15, -0.1) is 0 Å². The van der Waals surface area contributed by atoms with Crippen molar-refractivity contribution in [3.8, 4) is 11.5 Å². The van der Waals surface area contributed by atoms with Gasteiger partial charge >= 0.3 is 6.61 Å². The van der Waals surface area contributed by atoms with E-state index in [9.17, 15) is 8.78 Å². The highest BCUT2D eigenvalue weighted by Gasteiger charge is 2.34. The number of nitrogens with zero attached hydrogens (tertiary/aromatic N) is 2. The van der Waals surface area contributed by atoms with Crippen LogP contribution in [-0.2, 0) is 11.3 Å². The molecule has 0 aromatic heterocycles. The fourth-order valence-electron chi connectivity index (χ4n) is 3.21. The quantitative estimate of drug-likeness (QED) is 0.515. The minimum absolute atomic E-state index is 0.0181. The van der Waals surface area contributed by atoms with Crippen molar-refractivity contribution < 1.29 is 23.0 Å². The van der Waals surface area contributed by atoms with Gasteiger partial charge in [-0.05, 0) is 45.1 Å². The first kappa shape index (κ1) is 22.2. The summed E-state index contributed by atoms with van der Waals surface area (Å²) in [6.07, 6.45) is 1.85. The number of ether oxygens (including phenoxy) is 3. The van der Waals surface area contributed by atoms with Crippen LogP contribution in [0.3, 0.4) is 0 Å². The molecule has 28 heavy (non-hydrogen) atoms. The lowest BCUT2D eigenvalue weighted by Gasteiger charge is -2.43. The van der Waals surface area contributed by atoms with E-state index in [1.165, 1.54) is 13.2 Å². The van der Waals surface area contributed by atoms with Gasteiger partial charge in [-0.2, -0.15) is 8.78 Å². The van der Waals surface area contributed by atoms with Crippen LogP contribution in [0, 0.1) is 0 Å². The summed E-state index contributed by atoms with van der Waals surface area (Å²) in [7, 11) is 7.32. The number of hydrogen-bond acceptors (Lipinski definition) is 5. The van der Waals surface area contributed by atoms with Crippen LogP contribution in [-0.4, -0.2) is 71.0 Å². The Morgan fingerprint density at radius 3 is 2.57 bits per heavy atom. The molecule has 0 unspecified atom stereocenters. The number of alkyl halides is 2. The number of benzene rings is 1. The van der Waals surface area contributed by atoms with Crippen LogP contribution in [0.1, 0.15) is 18.4 Å². The highest BCUT2D eigenvalue weighted by molar-refractivity contribution is 5.79. The average Bonchev–Trinajstić information content (AvgIpc) is 2.69. The summed E-state index contributed by atoms with van der Waals surface area (Å²) in [5.74, 6) is 1.25. The zero-order valence-corrected chi connectivity index (χ0v) is 16.9. The maximum atomic E-state index is 12.7. The lowest BCUT2D eigenvalue weighted by molar-refractivity contribution is -0.0505. The van der Waals surface area contributed by atoms with Crippen molar-refractivity contribution in [2.45, 2.75) is 31.5 Å². The van der Waals surface area contributed by atoms with E-state index < -0.39 is 6.61 Å². The van der Waals surface area contributed by atoms with Crippen molar-refractivity contribution in [2.75, 3.05) is 48.0 Å². The van der Waals surface area contributed by atoms with Crippen LogP contribution in [0.5, 0.6) is 11.5 Å². The van der Waals surface area contributed by atoms with E-state index in [1.807, 2.05) is 0 Å². The van der Waals surface area contributed by atoms with E-state index in [0.29, 0.717) is 23.8 Å². The number of methoxy groups -OCH3 is 1. The molecule has 7 nitrogen and oxygen atoms in total. The Balaban J connectivity index is 2.01. The van der Waals surface area contributed by atoms with Gasteiger partial charge in [0.15, 0.2) is 5.96 Å². The third kappa shape index (κ3) is 5.93. The van der Waals surface area contributed by atoms with Gasteiger partial charge in [0.1, 0.15) is 11.5 Å². The largest absolute Gasteiger partial charge is 0.497 e. The van der Waals surface area contributed by atoms with E-state index in [1.54, 1.807) is 19.2 Å². The molecule has 2 N–H and O–H groups in total. The Kier molecular flexibility index (Phi) is 8.25. The van der Waals surface area contributed by atoms with Crippen molar-refractivity contribution in [1.82, 2.24) is 15.5 Å². The zero-order chi connectivity index (χ0) is 20.6. The second kappa shape index (κ2) is 10.4. The monoisotopic (exact) mass is 400 g/mol. The zero-order valence-electron chi connectivity index (χ0n) is 16.9. The normalized spacial score (nSPS) is 16.9. The second-order valence-electron chi connectivity index (χ2n) is 6.86. The van der Waals surface area contributed by atoms with Gasteiger partial charge in [0.05, 0.1) is 7.11 Å². The third-order valence-electron chi connectivity index (χ3n) is 5.11. The average molecular weight is 400 g/mol. The Labute approximate surface area is 165 Å². The number of nitrogens with one attached hydrogen (secondary N) is 2. The molecule has 0 aliphatic carbocycles. The summed E-state index contributed by atoms with van der Waals surface area (Å²) in [5.41, 5.74) is 0.534. The minimum Gasteiger partial charge on any atom is -0.497 e. The van der Waals surface area contributed by atoms with Gasteiger partial charge in [-0.3, -0.25) is 4.99 Å². The van der Waals surface area contributed by atoms with Crippen LogP contribution < -0.4 is 20.1 Å². The molecule has 158 valence electrons. The number of guanidine groups is 1. The minimum atomic E-state index is -2.89. The third-order valence-corrected chi connectivity index (χ3v) is 5.11. The molecular weight excluding hydrogens is 370 g/mol. The second-order valence-corrected chi connectivity index (χ2v) is 6.86. The smallest absolute Gasteiger partial charge is 0.387 e. The van der Waals surface area contributed by atoms with Crippen LogP contribution in [0.15, 0.2) is 23.2 Å². The Morgan fingerprint density at radius 2 is 2.00 bits per heavy atom. The summed E-state index contributed by atoms with van der Waals surface area (Å²) in [4.78, 5) is 6.45. The van der Waals surface area contributed by atoms with Crippen molar-refractivity contribution in [3.63, 3.8) is 0 Å². The number of hydrogen-bond donors (Lipinski definition) is 2. The molecular formula is C19H30F2N4O3. The van der Waals surface area contributed by atoms with Crippen LogP contribution in [0.2, 0.25) is 0 Å². The molecule has 0 bridgehead atoms. The number of rotatable bonds is 8. The SMILES string of the molecule is CN=C(NCc1cc(OC)ccc1OC(F)F)NCC1(N(C)C)CCOCC1. The number of halogens is 2. The first-order valence-electron chi connectivity index (χ1n) is 9.21. The van der Waals surface area contributed by atoms with Crippen molar-refractivity contribution in [3.05, 3.63) is 23.8 Å².